The maximum atomic E-state index is 12.0. The molecule has 352 valence electrons. The van der Waals surface area contributed by atoms with Crippen molar-refractivity contribution < 1.29 is 39.1 Å². The van der Waals surface area contributed by atoms with Crippen LogP contribution >= 0.6 is 0 Å². The summed E-state index contributed by atoms with van der Waals surface area (Å²) >= 11 is 0. The first-order chi connectivity index (χ1) is 30.0. The third kappa shape index (κ3) is 29.6. The smallest absolute Gasteiger partial charge is 0.339 e. The minimum absolute atomic E-state index is 0.0272. The molecule has 0 radical (unpaired) electrons. The van der Waals surface area contributed by atoms with Gasteiger partial charge in [-0.15, -0.1) is 0 Å². The van der Waals surface area contributed by atoms with Crippen LogP contribution in [0.2, 0.25) is 0 Å². The molecule has 8 nitrogen and oxygen atoms in total. The zero-order chi connectivity index (χ0) is 43.9. The molecule has 0 aromatic heterocycles. The van der Waals surface area contributed by atoms with E-state index in [0.29, 0.717) is 24.3 Å². The molecule has 61 heavy (non-hydrogen) atoms. The Morgan fingerprint density at radius 2 is 0.820 bits per heavy atom. The van der Waals surface area contributed by atoms with E-state index in [1.807, 2.05) is 0 Å². The number of hydrogen-bond donors (Lipinski definition) is 3. The number of benzene rings is 2. The lowest BCUT2D eigenvalue weighted by Gasteiger charge is -2.17. The van der Waals surface area contributed by atoms with Crippen molar-refractivity contribution in [1.29, 1.82) is 0 Å². The molecule has 0 heterocycles. The standard InChI is InChI=1S/C53H92O8/c1-3-5-7-9-11-13-15-17-19-21-23-25-27-29-31-33-39-58-42-47(54)44-60-49-36-38-50-46(41-49)35-37-51(53(56)57)52(50)61-45-48(55)43-59-40-34-32-30-28-26-24-22-20-18-16-14-12-10-8-6-4-2/h35-38,41,47-48,54-55H,3-34,39-40,42-45H2,1-2H3,(H,56,57). The van der Waals surface area contributed by atoms with Gasteiger partial charge < -0.3 is 34.3 Å². The predicted octanol–water partition coefficient (Wildman–Crippen LogP) is 14.6. The van der Waals surface area contributed by atoms with E-state index >= 15 is 0 Å². The van der Waals surface area contributed by atoms with Gasteiger partial charge in [0.1, 0.15) is 42.5 Å². The summed E-state index contributed by atoms with van der Waals surface area (Å²) in [6.07, 6.45) is 40.9. The lowest BCUT2D eigenvalue weighted by Crippen LogP contribution is -2.24. The monoisotopic (exact) mass is 857 g/mol. The average Bonchev–Trinajstić information content (AvgIpc) is 3.26. The molecule has 2 unspecified atom stereocenters. The van der Waals surface area contributed by atoms with E-state index < -0.39 is 18.2 Å². The van der Waals surface area contributed by atoms with E-state index in [2.05, 4.69) is 13.8 Å². The summed E-state index contributed by atoms with van der Waals surface area (Å²) < 4.78 is 23.2. The fraction of sp³-hybridized carbons (Fsp3) is 0.792. The number of fused-ring (bicyclic) bond motifs is 1. The number of rotatable bonds is 45. The second-order valence-electron chi connectivity index (χ2n) is 17.8. The van der Waals surface area contributed by atoms with Gasteiger partial charge in [-0.3, -0.25) is 0 Å². The van der Waals surface area contributed by atoms with Crippen molar-refractivity contribution in [1.82, 2.24) is 0 Å². The summed E-state index contributed by atoms with van der Waals surface area (Å²) in [6, 6.07) is 8.52. The topological polar surface area (TPSA) is 115 Å². The normalized spacial score (nSPS) is 12.6. The summed E-state index contributed by atoms with van der Waals surface area (Å²) in [7, 11) is 0. The zero-order valence-corrected chi connectivity index (χ0v) is 39.3. The molecule has 8 heteroatoms. The van der Waals surface area contributed by atoms with Crippen LogP contribution in [-0.4, -0.2) is 73.1 Å². The van der Waals surface area contributed by atoms with Crippen LogP contribution in [0.15, 0.2) is 30.3 Å². The van der Waals surface area contributed by atoms with Gasteiger partial charge in [0.2, 0.25) is 0 Å². The molecular weight excluding hydrogens is 765 g/mol. The molecule has 2 aromatic rings. The van der Waals surface area contributed by atoms with Crippen LogP contribution in [0.5, 0.6) is 11.5 Å². The number of carboxylic acid groups (broad SMARTS) is 1. The largest absolute Gasteiger partial charge is 0.491 e. The highest BCUT2D eigenvalue weighted by molar-refractivity contribution is 6.01. The fourth-order valence-corrected chi connectivity index (χ4v) is 8.10. The minimum Gasteiger partial charge on any atom is -0.491 e. The lowest BCUT2D eigenvalue weighted by molar-refractivity contribution is 0.0108. The number of ether oxygens (including phenoxy) is 4. The Morgan fingerprint density at radius 1 is 0.459 bits per heavy atom. The van der Waals surface area contributed by atoms with Gasteiger partial charge in [0, 0.05) is 18.6 Å². The third-order valence-corrected chi connectivity index (χ3v) is 11.9. The first-order valence-corrected chi connectivity index (χ1v) is 25.5. The molecule has 0 aliphatic carbocycles. The van der Waals surface area contributed by atoms with E-state index in [9.17, 15) is 20.1 Å². The van der Waals surface area contributed by atoms with E-state index in [0.717, 1.165) is 31.1 Å². The number of aliphatic hydroxyl groups excluding tert-OH is 2. The van der Waals surface area contributed by atoms with Crippen LogP contribution < -0.4 is 9.47 Å². The second-order valence-corrected chi connectivity index (χ2v) is 17.8. The SMILES string of the molecule is CCCCCCCCCCCCCCCCCCOCC(O)COc1ccc2c(OCC(O)COCCCCCCCCCCCCCCCCCC)c(C(=O)O)ccc2c1. The molecule has 0 aliphatic heterocycles. The number of carboxylic acids is 1. The van der Waals surface area contributed by atoms with Gasteiger partial charge in [0.05, 0.1) is 13.2 Å². The van der Waals surface area contributed by atoms with Crippen molar-refractivity contribution >= 4 is 16.7 Å². The highest BCUT2D eigenvalue weighted by Gasteiger charge is 2.18. The van der Waals surface area contributed by atoms with Crippen LogP contribution in [-0.2, 0) is 9.47 Å². The van der Waals surface area contributed by atoms with Gasteiger partial charge in [-0.05, 0) is 42.5 Å². The van der Waals surface area contributed by atoms with Crippen molar-refractivity contribution in [3.8, 4) is 11.5 Å². The molecule has 2 rings (SSSR count). The summed E-state index contributed by atoms with van der Waals surface area (Å²) in [5.74, 6) is -0.342. The van der Waals surface area contributed by atoms with Crippen molar-refractivity contribution in [2.45, 2.75) is 232 Å². The van der Waals surface area contributed by atoms with E-state index in [4.69, 9.17) is 18.9 Å². The molecule has 0 fully saturated rings. The Hall–Kier alpha value is -2.39. The summed E-state index contributed by atoms with van der Waals surface area (Å²) in [4.78, 5) is 12.0. The van der Waals surface area contributed by atoms with Crippen molar-refractivity contribution in [3.05, 3.63) is 35.9 Å². The highest BCUT2D eigenvalue weighted by Crippen LogP contribution is 2.33. The zero-order valence-electron chi connectivity index (χ0n) is 39.3. The number of unbranched alkanes of at least 4 members (excludes halogenated alkanes) is 30. The molecule has 2 atom stereocenters. The van der Waals surface area contributed by atoms with Crippen molar-refractivity contribution in [3.63, 3.8) is 0 Å². The van der Waals surface area contributed by atoms with Gasteiger partial charge in [0.15, 0.2) is 0 Å². The Bertz CT molecular complexity index is 1300. The molecule has 3 N–H and O–H groups in total. The summed E-state index contributed by atoms with van der Waals surface area (Å²) in [5.41, 5.74) is 0.0272. The molecule has 0 saturated carbocycles. The Kier molecular flexibility index (Phi) is 35.2. The number of carbonyl (C=O) groups is 1. The minimum atomic E-state index is -1.10. The number of hydrogen-bond acceptors (Lipinski definition) is 7. The lowest BCUT2D eigenvalue weighted by atomic mass is 10.0. The number of aliphatic hydroxyl groups is 2. The third-order valence-electron chi connectivity index (χ3n) is 11.9. The summed E-state index contributed by atoms with van der Waals surface area (Å²) in [5, 5.41) is 32.2. The molecule has 2 aromatic carbocycles. The van der Waals surface area contributed by atoms with E-state index in [1.54, 1.807) is 24.3 Å². The van der Waals surface area contributed by atoms with Gasteiger partial charge in [0.25, 0.3) is 0 Å². The molecule has 0 spiro atoms. The number of aromatic carboxylic acids is 1. The molecule has 0 bridgehead atoms. The van der Waals surface area contributed by atoms with Crippen LogP contribution in [0.3, 0.4) is 0 Å². The fourth-order valence-electron chi connectivity index (χ4n) is 8.10. The van der Waals surface area contributed by atoms with Gasteiger partial charge in [-0.2, -0.15) is 0 Å². The van der Waals surface area contributed by atoms with Crippen LogP contribution in [0, 0.1) is 0 Å². The second kappa shape index (κ2) is 39.2. The summed E-state index contributed by atoms with van der Waals surface area (Å²) in [6.45, 7) is 6.14. The van der Waals surface area contributed by atoms with Crippen molar-refractivity contribution in [2.75, 3.05) is 39.6 Å². The first-order valence-electron chi connectivity index (χ1n) is 25.5. The van der Waals surface area contributed by atoms with E-state index in [-0.39, 0.29) is 37.7 Å². The van der Waals surface area contributed by atoms with Gasteiger partial charge in [-0.1, -0.05) is 213 Å². The Morgan fingerprint density at radius 3 is 1.20 bits per heavy atom. The average molecular weight is 857 g/mol. The Balaban J connectivity index is 1.52. The van der Waals surface area contributed by atoms with Crippen LogP contribution in [0.4, 0.5) is 0 Å². The first kappa shape index (κ1) is 54.7. The van der Waals surface area contributed by atoms with E-state index in [1.165, 1.54) is 186 Å². The van der Waals surface area contributed by atoms with Gasteiger partial charge >= 0.3 is 5.97 Å². The molecule has 0 aliphatic rings. The van der Waals surface area contributed by atoms with Crippen molar-refractivity contribution in [2.24, 2.45) is 0 Å². The molecular formula is C53H92O8. The van der Waals surface area contributed by atoms with Gasteiger partial charge in [-0.25, -0.2) is 4.79 Å². The maximum absolute atomic E-state index is 12.0. The Labute approximate surface area is 373 Å². The predicted molar refractivity (Wildman–Crippen MR) is 255 cm³/mol. The molecule has 0 amide bonds. The quantitative estimate of drug-likeness (QED) is 0.0564. The maximum Gasteiger partial charge on any atom is 0.339 e. The van der Waals surface area contributed by atoms with Crippen LogP contribution in [0.1, 0.15) is 230 Å². The van der Waals surface area contributed by atoms with Crippen LogP contribution in [0.25, 0.3) is 10.8 Å². The molecule has 0 saturated heterocycles. The highest BCUT2D eigenvalue weighted by atomic mass is 16.5.